The number of aromatic nitrogens is 3. The van der Waals surface area contributed by atoms with Gasteiger partial charge in [-0.05, 0) is 26.1 Å². The van der Waals surface area contributed by atoms with E-state index in [1.54, 1.807) is 11.7 Å². The molecule has 124 valence electrons. The summed E-state index contributed by atoms with van der Waals surface area (Å²) < 4.78 is 1.61. The van der Waals surface area contributed by atoms with Crippen molar-refractivity contribution in [1.29, 1.82) is 0 Å². The Labute approximate surface area is 137 Å². The molecule has 2 rings (SSSR count). The van der Waals surface area contributed by atoms with Crippen molar-refractivity contribution in [3.05, 3.63) is 41.7 Å². The van der Waals surface area contributed by atoms with Crippen LogP contribution in [0.15, 0.2) is 30.3 Å². The summed E-state index contributed by atoms with van der Waals surface area (Å²) in [6.07, 6.45) is 0.647. The fourth-order valence-electron chi connectivity index (χ4n) is 2.30. The summed E-state index contributed by atoms with van der Waals surface area (Å²) in [5.74, 6) is 1.36. The van der Waals surface area contributed by atoms with Crippen LogP contribution in [-0.4, -0.2) is 45.7 Å². The third kappa shape index (κ3) is 4.39. The average molecular weight is 315 g/mol. The number of anilines is 1. The summed E-state index contributed by atoms with van der Waals surface area (Å²) >= 11 is 0. The zero-order valence-electron chi connectivity index (χ0n) is 14.4. The van der Waals surface area contributed by atoms with Gasteiger partial charge in [0.2, 0.25) is 11.9 Å². The van der Waals surface area contributed by atoms with Gasteiger partial charge in [-0.1, -0.05) is 44.2 Å². The third-order valence-corrected chi connectivity index (χ3v) is 3.73. The highest BCUT2D eigenvalue weighted by Crippen LogP contribution is 2.14. The lowest BCUT2D eigenvalue weighted by atomic mass is 10.0. The van der Waals surface area contributed by atoms with Crippen LogP contribution in [0.25, 0.3) is 0 Å². The normalized spacial score (nSPS) is 12.7. The van der Waals surface area contributed by atoms with Gasteiger partial charge in [-0.2, -0.15) is 10.1 Å². The molecule has 6 nitrogen and oxygen atoms in total. The van der Waals surface area contributed by atoms with Crippen molar-refractivity contribution in [3.8, 4) is 0 Å². The van der Waals surface area contributed by atoms with Gasteiger partial charge in [0.15, 0.2) is 5.82 Å². The molecule has 0 aliphatic carbocycles. The van der Waals surface area contributed by atoms with Crippen molar-refractivity contribution in [2.24, 2.45) is 7.05 Å². The number of hydrogen-bond donors (Lipinski definition) is 1. The van der Waals surface area contributed by atoms with Crippen LogP contribution in [0.1, 0.15) is 31.2 Å². The lowest BCUT2D eigenvalue weighted by Crippen LogP contribution is -2.41. The van der Waals surface area contributed by atoms with Crippen LogP contribution in [0.3, 0.4) is 0 Å². The van der Waals surface area contributed by atoms with Gasteiger partial charge in [0.1, 0.15) is 0 Å². The Morgan fingerprint density at radius 3 is 2.43 bits per heavy atom. The monoisotopic (exact) mass is 315 g/mol. The van der Waals surface area contributed by atoms with Gasteiger partial charge in [-0.15, -0.1) is 0 Å². The molecule has 0 aliphatic rings. The number of carbonyl (C=O) groups excluding carboxylic acids is 1. The number of nitrogens with one attached hydrogen (secondary N) is 1. The highest BCUT2D eigenvalue weighted by Gasteiger charge is 2.23. The first-order valence-corrected chi connectivity index (χ1v) is 7.80. The molecule has 6 heteroatoms. The molecule has 0 radical (unpaired) electrons. The van der Waals surface area contributed by atoms with E-state index in [0.717, 1.165) is 11.4 Å². The van der Waals surface area contributed by atoms with E-state index in [2.05, 4.69) is 15.4 Å². The van der Waals surface area contributed by atoms with Gasteiger partial charge in [0.05, 0.1) is 6.04 Å². The van der Waals surface area contributed by atoms with E-state index in [-0.39, 0.29) is 17.9 Å². The molecule has 0 saturated heterocycles. The summed E-state index contributed by atoms with van der Waals surface area (Å²) in [5, 5.41) is 7.22. The molecule has 23 heavy (non-hydrogen) atoms. The maximum Gasteiger partial charge on any atom is 0.244 e. The lowest BCUT2D eigenvalue weighted by Gasteiger charge is -2.23. The minimum atomic E-state index is -0.267. The van der Waals surface area contributed by atoms with Crippen molar-refractivity contribution in [1.82, 2.24) is 19.7 Å². The van der Waals surface area contributed by atoms with Crippen LogP contribution in [0.2, 0.25) is 0 Å². The molecule has 1 heterocycles. The highest BCUT2D eigenvalue weighted by molar-refractivity contribution is 5.93. The molecule has 0 spiro atoms. The first-order valence-electron chi connectivity index (χ1n) is 7.80. The van der Waals surface area contributed by atoms with E-state index < -0.39 is 0 Å². The number of nitrogens with zero attached hydrogens (tertiary/aromatic N) is 4. The van der Waals surface area contributed by atoms with E-state index in [4.69, 9.17) is 0 Å². The van der Waals surface area contributed by atoms with E-state index in [9.17, 15) is 4.79 Å². The average Bonchev–Trinajstić information content (AvgIpc) is 2.87. The van der Waals surface area contributed by atoms with Crippen molar-refractivity contribution in [2.45, 2.75) is 32.2 Å². The van der Waals surface area contributed by atoms with Gasteiger partial charge < -0.3 is 0 Å². The Kier molecular flexibility index (Phi) is 5.50. The van der Waals surface area contributed by atoms with Crippen molar-refractivity contribution < 1.29 is 4.79 Å². The molecular formula is C17H25N5O. The van der Waals surface area contributed by atoms with E-state index >= 15 is 0 Å². The fourth-order valence-corrected chi connectivity index (χ4v) is 2.30. The summed E-state index contributed by atoms with van der Waals surface area (Å²) in [6.45, 7) is 4.05. The Balaban J connectivity index is 2.12. The van der Waals surface area contributed by atoms with Crippen LogP contribution in [0.4, 0.5) is 5.95 Å². The molecule has 1 aromatic heterocycles. The van der Waals surface area contributed by atoms with Crippen LogP contribution >= 0.6 is 0 Å². The molecule has 1 aromatic carbocycles. The predicted octanol–water partition coefficient (Wildman–Crippen LogP) is 2.05. The van der Waals surface area contributed by atoms with Crippen LogP contribution in [-0.2, 0) is 18.3 Å². The zero-order chi connectivity index (χ0) is 17.0. The molecule has 0 fully saturated rings. The molecule has 1 atom stereocenters. The first-order chi connectivity index (χ1) is 10.9. The molecule has 1 amide bonds. The van der Waals surface area contributed by atoms with E-state index in [1.165, 1.54) is 0 Å². The van der Waals surface area contributed by atoms with Crippen molar-refractivity contribution in [2.75, 3.05) is 19.4 Å². The number of hydrogen-bond acceptors (Lipinski definition) is 4. The van der Waals surface area contributed by atoms with Crippen molar-refractivity contribution >= 4 is 11.9 Å². The van der Waals surface area contributed by atoms with E-state index in [0.29, 0.717) is 12.4 Å². The Bertz CT molecular complexity index is 648. The number of aryl methyl sites for hydroxylation is 1. The highest BCUT2D eigenvalue weighted by atomic mass is 16.2. The number of carbonyl (C=O) groups is 1. The Morgan fingerprint density at radius 1 is 1.26 bits per heavy atom. The minimum Gasteiger partial charge on any atom is -0.298 e. The molecule has 2 aromatic rings. The maximum atomic E-state index is 12.7. The predicted molar refractivity (Wildman–Crippen MR) is 91.3 cm³/mol. The Hall–Kier alpha value is -2.21. The summed E-state index contributed by atoms with van der Waals surface area (Å²) in [5.41, 5.74) is 1.13. The van der Waals surface area contributed by atoms with Crippen LogP contribution in [0, 0.1) is 0 Å². The second-order valence-corrected chi connectivity index (χ2v) is 6.23. The molecule has 1 N–H and O–H groups in total. The zero-order valence-corrected chi connectivity index (χ0v) is 14.4. The van der Waals surface area contributed by atoms with Gasteiger partial charge in [-0.3, -0.25) is 15.0 Å². The number of amides is 1. The number of likely N-dealkylation sites (N-methyl/N-ethyl adjacent to an activating group) is 1. The van der Waals surface area contributed by atoms with Gasteiger partial charge in [-0.25, -0.2) is 4.68 Å². The van der Waals surface area contributed by atoms with Gasteiger partial charge in [0.25, 0.3) is 0 Å². The minimum absolute atomic E-state index is 0.0790. The Morgan fingerprint density at radius 2 is 1.91 bits per heavy atom. The summed E-state index contributed by atoms with van der Waals surface area (Å²) in [6, 6.07) is 9.74. The summed E-state index contributed by atoms with van der Waals surface area (Å²) in [4.78, 5) is 19.0. The standard InChI is InChI=1S/C17H25N5O/c1-12(2)15-18-17(22(5)20-15)19-16(23)14(21(3)4)11-13-9-7-6-8-10-13/h6-10,12,14H,11H2,1-5H3,(H,18,19,20,23)/t14-/m1/s1. The van der Waals surface area contributed by atoms with Crippen LogP contribution in [0.5, 0.6) is 0 Å². The second-order valence-electron chi connectivity index (χ2n) is 6.23. The molecular weight excluding hydrogens is 290 g/mol. The summed E-state index contributed by atoms with van der Waals surface area (Å²) in [7, 11) is 5.60. The number of rotatable bonds is 6. The molecule has 0 unspecified atom stereocenters. The largest absolute Gasteiger partial charge is 0.298 e. The molecule has 0 aliphatic heterocycles. The van der Waals surface area contributed by atoms with Crippen LogP contribution < -0.4 is 5.32 Å². The first kappa shape index (κ1) is 17.1. The van der Waals surface area contributed by atoms with Crippen molar-refractivity contribution in [3.63, 3.8) is 0 Å². The molecule has 0 bridgehead atoms. The number of benzene rings is 1. The smallest absolute Gasteiger partial charge is 0.244 e. The van der Waals surface area contributed by atoms with E-state index in [1.807, 2.05) is 63.2 Å². The molecule has 0 saturated carbocycles. The van der Waals surface area contributed by atoms with Gasteiger partial charge in [0, 0.05) is 13.0 Å². The SMILES string of the molecule is CC(C)c1nc(NC(=O)[C@@H](Cc2ccccc2)N(C)C)n(C)n1. The maximum absolute atomic E-state index is 12.7. The topological polar surface area (TPSA) is 63.1 Å². The lowest BCUT2D eigenvalue weighted by molar-refractivity contribution is -0.120. The fraction of sp³-hybridized carbons (Fsp3) is 0.471. The quantitative estimate of drug-likeness (QED) is 0.886. The van der Waals surface area contributed by atoms with Gasteiger partial charge >= 0.3 is 0 Å². The third-order valence-electron chi connectivity index (χ3n) is 3.73. The second kappa shape index (κ2) is 7.37.